The van der Waals surface area contributed by atoms with E-state index in [4.69, 9.17) is 9.47 Å². The summed E-state index contributed by atoms with van der Waals surface area (Å²) in [7, 11) is -0.226. The normalized spacial score (nSPS) is 11.6. The lowest BCUT2D eigenvalue weighted by molar-refractivity contribution is -0.131. The second kappa shape index (κ2) is 9.49. The highest BCUT2D eigenvalue weighted by Crippen LogP contribution is 2.49. The number of carbonyl (C=O) groups is 2. The highest BCUT2D eigenvalue weighted by atomic mass is 32.2. The predicted octanol–water partition coefficient (Wildman–Crippen LogP) is 8.37. The number of hydrogen-bond donors (Lipinski definition) is 0. The van der Waals surface area contributed by atoms with Crippen molar-refractivity contribution in [3.8, 4) is 10.6 Å². The second-order valence-corrected chi connectivity index (χ2v) is 11.7. The summed E-state index contributed by atoms with van der Waals surface area (Å²) >= 11 is 0. The molecule has 5 rings (SSSR count). The van der Waals surface area contributed by atoms with Crippen LogP contribution in [-0.2, 0) is 15.1 Å². The lowest BCUT2D eigenvalue weighted by atomic mass is 9.97. The minimum absolute atomic E-state index is 0.226. The molecule has 0 N–H and O–H groups in total. The third kappa shape index (κ3) is 4.63. The SMILES string of the molecule is CC(=O)Oc1ccc(C(C)(C)OC(=O)c2c(C)cc(-[s+]3c4ccccc4c4ccccc43)cc2C)cc1. The van der Waals surface area contributed by atoms with Gasteiger partial charge in [0.1, 0.15) is 11.4 Å². The Balaban J connectivity index is 1.49. The van der Waals surface area contributed by atoms with E-state index in [2.05, 4.69) is 60.7 Å². The van der Waals surface area contributed by atoms with Gasteiger partial charge in [-0.05, 0) is 80.8 Å². The van der Waals surface area contributed by atoms with Crippen molar-refractivity contribution in [3.05, 3.63) is 107 Å². The molecule has 0 aliphatic rings. The topological polar surface area (TPSA) is 52.6 Å². The molecule has 0 amide bonds. The number of rotatable bonds is 5. The van der Waals surface area contributed by atoms with Gasteiger partial charge in [-0.2, -0.15) is 0 Å². The van der Waals surface area contributed by atoms with Crippen molar-refractivity contribution in [2.75, 3.05) is 0 Å². The molecule has 0 aliphatic carbocycles. The number of hydrogen-bond acceptors (Lipinski definition) is 4. The first kappa shape index (κ1) is 24.7. The number of benzene rings is 4. The van der Waals surface area contributed by atoms with Crippen LogP contribution in [0.25, 0.3) is 25.1 Å². The van der Waals surface area contributed by atoms with Crippen molar-refractivity contribution in [2.45, 2.75) is 40.2 Å². The Bertz CT molecular complexity index is 1580. The first-order chi connectivity index (χ1) is 17.7. The Labute approximate surface area is 219 Å². The van der Waals surface area contributed by atoms with Crippen LogP contribution >= 0.6 is 10.5 Å². The maximum Gasteiger partial charge on any atom is 0.339 e. The van der Waals surface area contributed by atoms with Crippen molar-refractivity contribution in [1.82, 2.24) is 0 Å². The standard InChI is InChI=1S/C32H29O4S/c1-20-18-25(37-28-12-8-6-10-26(28)27-11-7-9-13-29(27)37)19-21(2)30(20)31(34)36-32(4,5)23-14-16-24(17-15-23)35-22(3)33/h6-19H,1-5H3/q+1. The zero-order valence-electron chi connectivity index (χ0n) is 21.6. The van der Waals surface area contributed by atoms with Crippen LogP contribution in [0.5, 0.6) is 5.75 Å². The minimum Gasteiger partial charge on any atom is -0.451 e. The Morgan fingerprint density at radius 1 is 0.757 bits per heavy atom. The van der Waals surface area contributed by atoms with Crippen molar-refractivity contribution in [1.29, 1.82) is 0 Å². The molecule has 1 aromatic heterocycles. The van der Waals surface area contributed by atoms with Gasteiger partial charge in [0.15, 0.2) is 14.3 Å². The van der Waals surface area contributed by atoms with Gasteiger partial charge in [-0.15, -0.1) is 0 Å². The average molecular weight is 510 g/mol. The number of ether oxygens (including phenoxy) is 2. The largest absolute Gasteiger partial charge is 0.451 e. The van der Waals surface area contributed by atoms with E-state index in [1.807, 2.05) is 39.8 Å². The van der Waals surface area contributed by atoms with Crippen molar-refractivity contribution >= 4 is 42.6 Å². The van der Waals surface area contributed by atoms with Crippen molar-refractivity contribution in [2.24, 2.45) is 0 Å². The fraction of sp³-hybridized carbons (Fsp3) is 0.188. The van der Waals surface area contributed by atoms with E-state index in [-0.39, 0.29) is 22.4 Å². The lowest BCUT2D eigenvalue weighted by Crippen LogP contribution is -2.26. The van der Waals surface area contributed by atoms with Gasteiger partial charge in [0.05, 0.1) is 5.56 Å². The third-order valence-corrected chi connectivity index (χ3v) is 8.91. The molecule has 5 heteroatoms. The molecule has 1 heterocycles. The Morgan fingerprint density at radius 2 is 1.27 bits per heavy atom. The van der Waals surface area contributed by atoms with Gasteiger partial charge in [-0.1, -0.05) is 36.4 Å². The molecule has 0 bridgehead atoms. The van der Waals surface area contributed by atoms with Gasteiger partial charge in [0.2, 0.25) is 0 Å². The third-order valence-electron chi connectivity index (χ3n) is 6.61. The zero-order valence-corrected chi connectivity index (χ0v) is 22.4. The summed E-state index contributed by atoms with van der Waals surface area (Å²) in [5.74, 6) is -0.277. The molecular weight excluding hydrogens is 480 g/mol. The van der Waals surface area contributed by atoms with E-state index >= 15 is 0 Å². The molecule has 0 spiro atoms. The quantitative estimate of drug-likeness (QED) is 0.136. The van der Waals surface area contributed by atoms with Crippen molar-refractivity contribution < 1.29 is 19.1 Å². The van der Waals surface area contributed by atoms with Crippen LogP contribution in [0.1, 0.15) is 47.8 Å². The Kier molecular flexibility index (Phi) is 6.34. The summed E-state index contributed by atoms with van der Waals surface area (Å²) < 4.78 is 13.8. The summed E-state index contributed by atoms with van der Waals surface area (Å²) in [6.07, 6.45) is 0. The number of fused-ring (bicyclic) bond motifs is 3. The first-order valence-electron chi connectivity index (χ1n) is 12.2. The van der Waals surface area contributed by atoms with Crippen LogP contribution in [-0.4, -0.2) is 11.9 Å². The molecule has 0 fully saturated rings. The van der Waals surface area contributed by atoms with E-state index in [0.717, 1.165) is 16.7 Å². The van der Waals surface area contributed by atoms with Gasteiger partial charge in [-0.25, -0.2) is 4.79 Å². The van der Waals surface area contributed by atoms with Crippen LogP contribution in [0.2, 0.25) is 0 Å². The molecule has 0 aliphatic heterocycles. The van der Waals surface area contributed by atoms with E-state index < -0.39 is 5.60 Å². The van der Waals surface area contributed by atoms with E-state index in [9.17, 15) is 9.59 Å². The number of aryl methyl sites for hydroxylation is 2. The first-order valence-corrected chi connectivity index (χ1v) is 13.4. The summed E-state index contributed by atoms with van der Waals surface area (Å²) in [6.45, 7) is 9.04. The Hall–Kier alpha value is -3.96. The molecule has 4 aromatic carbocycles. The predicted molar refractivity (Wildman–Crippen MR) is 151 cm³/mol. The molecule has 0 saturated heterocycles. The van der Waals surface area contributed by atoms with Gasteiger partial charge < -0.3 is 9.47 Å². The molecule has 4 nitrogen and oxygen atoms in total. The fourth-order valence-electron chi connectivity index (χ4n) is 4.90. The summed E-state index contributed by atoms with van der Waals surface area (Å²) in [4.78, 5) is 25.8. The summed E-state index contributed by atoms with van der Waals surface area (Å²) in [5.41, 5.74) is 2.34. The molecular formula is C32H29O4S+. The maximum atomic E-state index is 13.4. The molecule has 5 aromatic rings. The van der Waals surface area contributed by atoms with Crippen LogP contribution < -0.4 is 4.74 Å². The van der Waals surface area contributed by atoms with Crippen LogP contribution in [0.4, 0.5) is 0 Å². The molecule has 37 heavy (non-hydrogen) atoms. The summed E-state index contributed by atoms with van der Waals surface area (Å²) in [5, 5.41) is 2.56. The highest BCUT2D eigenvalue weighted by Gasteiger charge is 2.30. The molecule has 186 valence electrons. The fourth-order valence-corrected chi connectivity index (χ4v) is 7.46. The van der Waals surface area contributed by atoms with Gasteiger partial charge >= 0.3 is 11.9 Å². The molecule has 0 unspecified atom stereocenters. The smallest absolute Gasteiger partial charge is 0.339 e. The zero-order chi connectivity index (χ0) is 26.3. The van der Waals surface area contributed by atoms with Gasteiger partial charge in [-0.3, -0.25) is 4.79 Å². The highest BCUT2D eigenvalue weighted by molar-refractivity contribution is 7.50. The minimum atomic E-state index is -0.867. The van der Waals surface area contributed by atoms with Crippen LogP contribution in [0.15, 0.2) is 84.9 Å². The van der Waals surface area contributed by atoms with Crippen LogP contribution in [0, 0.1) is 13.8 Å². The maximum absolute atomic E-state index is 13.4. The summed E-state index contributed by atoms with van der Waals surface area (Å²) in [6, 6.07) is 28.4. The van der Waals surface area contributed by atoms with E-state index in [0.29, 0.717) is 11.3 Å². The number of esters is 2. The average Bonchev–Trinajstić information content (AvgIpc) is 3.18. The molecule has 0 radical (unpaired) electrons. The van der Waals surface area contributed by atoms with E-state index in [1.165, 1.54) is 32.0 Å². The molecule has 0 saturated carbocycles. The number of thiophene rings is 1. The number of carbonyl (C=O) groups excluding carboxylic acids is 2. The Morgan fingerprint density at radius 3 is 1.78 bits per heavy atom. The van der Waals surface area contributed by atoms with Crippen molar-refractivity contribution in [3.63, 3.8) is 0 Å². The van der Waals surface area contributed by atoms with Crippen LogP contribution in [0.3, 0.4) is 0 Å². The van der Waals surface area contributed by atoms with Gasteiger partial charge in [0.25, 0.3) is 0 Å². The molecule has 0 atom stereocenters. The van der Waals surface area contributed by atoms with Gasteiger partial charge in [0, 0.05) is 40.3 Å². The van der Waals surface area contributed by atoms with E-state index in [1.54, 1.807) is 12.1 Å². The monoisotopic (exact) mass is 509 g/mol. The lowest BCUT2D eigenvalue weighted by Gasteiger charge is -2.26. The second-order valence-electron chi connectivity index (χ2n) is 9.75.